The molecule has 2 aliphatic heterocycles. The quantitative estimate of drug-likeness (QED) is 0.855. The Bertz CT molecular complexity index is 639. The fourth-order valence-electron chi connectivity index (χ4n) is 2.80. The number of carboxylic acids is 1. The van der Waals surface area contributed by atoms with E-state index in [1.165, 1.54) is 16.7 Å². The molecule has 3 rings (SSSR count). The van der Waals surface area contributed by atoms with E-state index in [1.54, 1.807) is 29.2 Å². The van der Waals surface area contributed by atoms with Gasteiger partial charge in [0.1, 0.15) is 6.04 Å². The molecule has 0 aliphatic carbocycles. The van der Waals surface area contributed by atoms with Crippen molar-refractivity contribution < 1.29 is 24.2 Å². The first-order valence-electron chi connectivity index (χ1n) is 7.65. The van der Waals surface area contributed by atoms with Crippen molar-refractivity contribution >= 4 is 29.5 Å². The van der Waals surface area contributed by atoms with Crippen LogP contribution in [0.5, 0.6) is 0 Å². The van der Waals surface area contributed by atoms with E-state index in [2.05, 4.69) is 0 Å². The van der Waals surface area contributed by atoms with Gasteiger partial charge in [-0.25, -0.2) is 4.79 Å². The average molecular weight is 350 g/mol. The first-order valence-corrected chi connectivity index (χ1v) is 8.80. The summed E-state index contributed by atoms with van der Waals surface area (Å²) < 4.78 is 5.15. The SMILES string of the molecule is O=C(O)C1CN(C(=O)C2CSCN2C(=O)c2ccccc2)CCO1. The van der Waals surface area contributed by atoms with Gasteiger partial charge in [0.05, 0.1) is 19.0 Å². The summed E-state index contributed by atoms with van der Waals surface area (Å²) in [6.45, 7) is 0.551. The number of carbonyl (C=O) groups excluding carboxylic acids is 2. The molecular weight excluding hydrogens is 332 g/mol. The number of carboxylic acid groups (broad SMARTS) is 1. The number of carbonyl (C=O) groups is 3. The third kappa shape index (κ3) is 3.39. The van der Waals surface area contributed by atoms with Gasteiger partial charge in [-0.05, 0) is 12.1 Å². The molecule has 1 N–H and O–H groups in total. The molecule has 7 nitrogen and oxygen atoms in total. The molecular formula is C16H18N2O5S. The largest absolute Gasteiger partial charge is 0.479 e. The van der Waals surface area contributed by atoms with Crippen molar-refractivity contribution in [1.29, 1.82) is 0 Å². The minimum Gasteiger partial charge on any atom is -0.479 e. The standard InChI is InChI=1S/C16H18N2O5S/c19-14(11-4-2-1-3-5-11)18-10-24-9-12(18)15(20)17-6-7-23-13(8-17)16(21)22/h1-5,12-13H,6-10H2,(H,21,22). The van der Waals surface area contributed by atoms with Gasteiger partial charge in [0.15, 0.2) is 6.10 Å². The van der Waals surface area contributed by atoms with Crippen molar-refractivity contribution in [3.8, 4) is 0 Å². The molecule has 2 saturated heterocycles. The van der Waals surface area contributed by atoms with Gasteiger partial charge < -0.3 is 19.6 Å². The van der Waals surface area contributed by atoms with E-state index in [4.69, 9.17) is 9.84 Å². The van der Waals surface area contributed by atoms with Gasteiger partial charge in [-0.3, -0.25) is 9.59 Å². The number of morpholine rings is 1. The zero-order valence-corrected chi connectivity index (χ0v) is 13.8. The number of hydrogen-bond acceptors (Lipinski definition) is 5. The van der Waals surface area contributed by atoms with Crippen molar-refractivity contribution in [2.45, 2.75) is 12.1 Å². The number of amides is 2. The molecule has 128 valence electrons. The summed E-state index contributed by atoms with van der Waals surface area (Å²) in [5, 5.41) is 9.06. The number of ether oxygens (including phenoxy) is 1. The molecule has 8 heteroatoms. The molecule has 0 bridgehead atoms. The third-order valence-electron chi connectivity index (χ3n) is 4.10. The van der Waals surface area contributed by atoms with Gasteiger partial charge in [-0.15, -0.1) is 11.8 Å². The summed E-state index contributed by atoms with van der Waals surface area (Å²) >= 11 is 1.52. The molecule has 0 saturated carbocycles. The molecule has 0 spiro atoms. The lowest BCUT2D eigenvalue weighted by Crippen LogP contribution is -2.55. The maximum atomic E-state index is 12.8. The van der Waals surface area contributed by atoms with Gasteiger partial charge in [0.25, 0.3) is 5.91 Å². The highest BCUT2D eigenvalue weighted by Gasteiger charge is 2.39. The molecule has 1 aromatic rings. The van der Waals surface area contributed by atoms with E-state index in [9.17, 15) is 14.4 Å². The second-order valence-corrected chi connectivity index (χ2v) is 6.64. The van der Waals surface area contributed by atoms with Crippen LogP contribution in [0.4, 0.5) is 0 Å². The molecule has 2 atom stereocenters. The second kappa shape index (κ2) is 7.23. The van der Waals surface area contributed by atoms with Crippen LogP contribution in [0.25, 0.3) is 0 Å². The molecule has 1 aromatic carbocycles. The summed E-state index contributed by atoms with van der Waals surface area (Å²) in [6.07, 6.45) is -1.00. The maximum Gasteiger partial charge on any atom is 0.334 e. The van der Waals surface area contributed by atoms with Crippen LogP contribution in [0.2, 0.25) is 0 Å². The maximum absolute atomic E-state index is 12.8. The lowest BCUT2D eigenvalue weighted by Gasteiger charge is -2.34. The minimum absolute atomic E-state index is 0.0166. The van der Waals surface area contributed by atoms with Gasteiger partial charge in [0, 0.05) is 17.9 Å². The lowest BCUT2D eigenvalue weighted by molar-refractivity contribution is -0.160. The van der Waals surface area contributed by atoms with Crippen molar-refractivity contribution in [3.05, 3.63) is 35.9 Å². The molecule has 2 amide bonds. The molecule has 0 radical (unpaired) electrons. The van der Waals surface area contributed by atoms with Gasteiger partial charge in [0.2, 0.25) is 5.91 Å². The van der Waals surface area contributed by atoms with E-state index < -0.39 is 18.1 Å². The number of hydrogen-bond donors (Lipinski definition) is 1. The van der Waals surface area contributed by atoms with E-state index in [1.807, 2.05) is 6.07 Å². The van der Waals surface area contributed by atoms with Crippen LogP contribution in [0.1, 0.15) is 10.4 Å². The van der Waals surface area contributed by atoms with Crippen LogP contribution < -0.4 is 0 Å². The van der Waals surface area contributed by atoms with E-state index >= 15 is 0 Å². The van der Waals surface area contributed by atoms with E-state index in [-0.39, 0.29) is 25.0 Å². The normalized spacial score (nSPS) is 24.0. The van der Waals surface area contributed by atoms with Crippen LogP contribution in [-0.2, 0) is 14.3 Å². The van der Waals surface area contributed by atoms with Gasteiger partial charge in [-0.2, -0.15) is 0 Å². The zero-order valence-electron chi connectivity index (χ0n) is 13.0. The topological polar surface area (TPSA) is 87.2 Å². The van der Waals surface area contributed by atoms with Crippen LogP contribution in [-0.4, -0.2) is 76.2 Å². The Morgan fingerprint density at radius 3 is 2.67 bits per heavy atom. The summed E-state index contributed by atoms with van der Waals surface area (Å²) in [4.78, 5) is 39.5. The number of nitrogens with zero attached hydrogens (tertiary/aromatic N) is 2. The number of thioether (sulfide) groups is 1. The first-order chi connectivity index (χ1) is 11.6. The summed E-state index contributed by atoms with van der Waals surface area (Å²) in [6, 6.07) is 8.29. The minimum atomic E-state index is -1.08. The molecule has 0 aromatic heterocycles. The Labute approximate surface area is 143 Å². The second-order valence-electron chi connectivity index (χ2n) is 5.64. The number of rotatable bonds is 3. The Hall–Kier alpha value is -2.06. The Morgan fingerprint density at radius 1 is 1.21 bits per heavy atom. The summed E-state index contributed by atoms with van der Waals surface area (Å²) in [5.74, 6) is -0.491. The fraction of sp³-hybridized carbons (Fsp3) is 0.438. The van der Waals surface area contributed by atoms with Crippen molar-refractivity contribution in [1.82, 2.24) is 9.80 Å². The zero-order chi connectivity index (χ0) is 17.1. The van der Waals surface area contributed by atoms with Crippen molar-refractivity contribution in [2.75, 3.05) is 31.3 Å². The Kier molecular flexibility index (Phi) is 5.06. The van der Waals surface area contributed by atoms with Crippen molar-refractivity contribution in [2.24, 2.45) is 0 Å². The highest BCUT2D eigenvalue weighted by Crippen LogP contribution is 2.25. The predicted octanol–water partition coefficient (Wildman–Crippen LogP) is 0.514. The lowest BCUT2D eigenvalue weighted by atomic mass is 10.1. The fourth-order valence-corrected chi connectivity index (χ4v) is 3.95. The highest BCUT2D eigenvalue weighted by molar-refractivity contribution is 7.99. The Morgan fingerprint density at radius 2 is 1.96 bits per heavy atom. The highest BCUT2D eigenvalue weighted by atomic mass is 32.2. The first kappa shape index (κ1) is 16.8. The van der Waals surface area contributed by atoms with Crippen LogP contribution in [0.3, 0.4) is 0 Å². The summed E-state index contributed by atoms with van der Waals surface area (Å²) in [5.41, 5.74) is 0.545. The van der Waals surface area contributed by atoms with Crippen molar-refractivity contribution in [3.63, 3.8) is 0 Å². The van der Waals surface area contributed by atoms with Crippen LogP contribution in [0, 0.1) is 0 Å². The van der Waals surface area contributed by atoms with E-state index in [0.29, 0.717) is 23.7 Å². The molecule has 2 fully saturated rings. The third-order valence-corrected chi connectivity index (χ3v) is 5.11. The molecule has 2 heterocycles. The van der Waals surface area contributed by atoms with E-state index in [0.717, 1.165) is 0 Å². The molecule has 2 aliphatic rings. The smallest absolute Gasteiger partial charge is 0.334 e. The van der Waals surface area contributed by atoms with Gasteiger partial charge in [-0.1, -0.05) is 18.2 Å². The van der Waals surface area contributed by atoms with Crippen LogP contribution >= 0.6 is 11.8 Å². The predicted molar refractivity (Wildman–Crippen MR) is 87.7 cm³/mol. The van der Waals surface area contributed by atoms with Crippen LogP contribution in [0.15, 0.2) is 30.3 Å². The Balaban J connectivity index is 1.72. The number of benzene rings is 1. The average Bonchev–Trinajstić information content (AvgIpc) is 3.11. The van der Waals surface area contributed by atoms with Gasteiger partial charge >= 0.3 is 5.97 Å². The molecule has 2 unspecified atom stereocenters. The summed E-state index contributed by atoms with van der Waals surface area (Å²) in [7, 11) is 0. The monoisotopic (exact) mass is 350 g/mol. The molecule has 24 heavy (non-hydrogen) atoms. The number of aliphatic carboxylic acids is 1.